The van der Waals surface area contributed by atoms with Gasteiger partial charge < -0.3 is 10.2 Å². The van der Waals surface area contributed by atoms with Crippen LogP contribution in [0.2, 0.25) is 0 Å². The average Bonchev–Trinajstić information content (AvgIpc) is 2.91. The number of hydrogen-bond donors (Lipinski definition) is 1. The summed E-state index contributed by atoms with van der Waals surface area (Å²) < 4.78 is 0. The lowest BCUT2D eigenvalue weighted by Crippen LogP contribution is -2.34. The van der Waals surface area contributed by atoms with Gasteiger partial charge in [0.05, 0.1) is 6.04 Å². The van der Waals surface area contributed by atoms with Crippen molar-refractivity contribution in [3.63, 3.8) is 0 Å². The summed E-state index contributed by atoms with van der Waals surface area (Å²) in [5, 5.41) is 2.93. The van der Waals surface area contributed by atoms with Gasteiger partial charge in [-0.05, 0) is 36.1 Å². The minimum absolute atomic E-state index is 0.0700. The zero-order valence-corrected chi connectivity index (χ0v) is 11.9. The van der Waals surface area contributed by atoms with Gasteiger partial charge in [0.1, 0.15) is 0 Å². The van der Waals surface area contributed by atoms with E-state index in [9.17, 15) is 4.79 Å². The van der Waals surface area contributed by atoms with Gasteiger partial charge in [-0.1, -0.05) is 13.0 Å². The summed E-state index contributed by atoms with van der Waals surface area (Å²) in [6, 6.07) is 7.54. The average molecular weight is 282 g/mol. The van der Waals surface area contributed by atoms with Crippen LogP contribution in [0.4, 0.5) is 10.5 Å². The van der Waals surface area contributed by atoms with Crippen molar-refractivity contribution in [2.75, 3.05) is 11.9 Å². The number of likely N-dealkylation sites (tertiary alicyclic amines) is 1. The minimum Gasteiger partial charge on any atom is -0.317 e. The van der Waals surface area contributed by atoms with Crippen molar-refractivity contribution < 1.29 is 4.79 Å². The van der Waals surface area contributed by atoms with Gasteiger partial charge in [0, 0.05) is 37.0 Å². The van der Waals surface area contributed by atoms with E-state index in [0.29, 0.717) is 5.92 Å². The van der Waals surface area contributed by atoms with Crippen LogP contribution in [0.5, 0.6) is 0 Å². The van der Waals surface area contributed by atoms with Crippen molar-refractivity contribution in [2.45, 2.75) is 19.4 Å². The topological polar surface area (TPSA) is 58.1 Å². The van der Waals surface area contributed by atoms with Crippen molar-refractivity contribution in [3.8, 4) is 0 Å². The van der Waals surface area contributed by atoms with E-state index in [-0.39, 0.29) is 12.1 Å². The van der Waals surface area contributed by atoms with Crippen LogP contribution in [0.15, 0.2) is 49.1 Å². The summed E-state index contributed by atoms with van der Waals surface area (Å²) >= 11 is 0. The Morgan fingerprint density at radius 3 is 2.76 bits per heavy atom. The molecule has 21 heavy (non-hydrogen) atoms. The minimum atomic E-state index is -0.0700. The largest absolute Gasteiger partial charge is 0.322 e. The highest BCUT2D eigenvalue weighted by atomic mass is 16.2. The predicted octanol–water partition coefficient (Wildman–Crippen LogP) is 3.09. The Hall–Kier alpha value is -2.43. The number of pyridine rings is 2. The molecule has 5 nitrogen and oxygen atoms in total. The van der Waals surface area contributed by atoms with Crippen molar-refractivity contribution in [1.82, 2.24) is 14.9 Å². The third kappa shape index (κ3) is 3.02. The van der Waals surface area contributed by atoms with E-state index in [0.717, 1.165) is 24.2 Å². The molecule has 5 heteroatoms. The quantitative estimate of drug-likeness (QED) is 0.920. The molecule has 1 aliphatic heterocycles. The van der Waals surface area contributed by atoms with Crippen LogP contribution < -0.4 is 5.32 Å². The molecule has 1 aliphatic rings. The van der Waals surface area contributed by atoms with E-state index in [1.807, 2.05) is 23.2 Å². The van der Waals surface area contributed by atoms with E-state index in [1.54, 1.807) is 30.7 Å². The van der Waals surface area contributed by atoms with Crippen molar-refractivity contribution >= 4 is 11.7 Å². The fourth-order valence-corrected chi connectivity index (χ4v) is 2.79. The third-order valence-electron chi connectivity index (χ3n) is 3.77. The molecule has 0 bridgehead atoms. The second kappa shape index (κ2) is 5.91. The van der Waals surface area contributed by atoms with Crippen molar-refractivity contribution in [3.05, 3.63) is 54.6 Å². The Bertz CT molecular complexity index is 602. The van der Waals surface area contributed by atoms with Crippen LogP contribution in [-0.4, -0.2) is 27.4 Å². The molecule has 0 aliphatic carbocycles. The molecule has 0 saturated carbocycles. The zero-order chi connectivity index (χ0) is 14.7. The number of rotatable bonds is 2. The van der Waals surface area contributed by atoms with E-state index in [1.165, 1.54) is 0 Å². The van der Waals surface area contributed by atoms with E-state index in [2.05, 4.69) is 22.2 Å². The monoisotopic (exact) mass is 282 g/mol. The highest BCUT2D eigenvalue weighted by molar-refractivity contribution is 5.89. The Kier molecular flexibility index (Phi) is 3.81. The van der Waals surface area contributed by atoms with E-state index in [4.69, 9.17) is 0 Å². The number of anilines is 1. The van der Waals surface area contributed by atoms with Crippen LogP contribution in [0.3, 0.4) is 0 Å². The molecule has 2 amide bonds. The van der Waals surface area contributed by atoms with Gasteiger partial charge in [0.25, 0.3) is 0 Å². The maximum absolute atomic E-state index is 12.5. The van der Waals surface area contributed by atoms with Gasteiger partial charge in [0.15, 0.2) is 0 Å². The first-order chi connectivity index (χ1) is 10.2. The van der Waals surface area contributed by atoms with Crippen LogP contribution >= 0.6 is 0 Å². The third-order valence-corrected chi connectivity index (χ3v) is 3.77. The molecule has 2 aromatic rings. The molecule has 1 N–H and O–H groups in total. The highest BCUT2D eigenvalue weighted by Gasteiger charge is 2.34. The maximum atomic E-state index is 12.5. The Labute approximate surface area is 124 Å². The Balaban J connectivity index is 1.77. The van der Waals surface area contributed by atoms with Gasteiger partial charge in [-0.2, -0.15) is 0 Å². The number of carbonyl (C=O) groups is 1. The molecule has 1 fully saturated rings. The van der Waals surface area contributed by atoms with Crippen LogP contribution in [0, 0.1) is 5.92 Å². The van der Waals surface area contributed by atoms with Crippen molar-refractivity contribution in [2.24, 2.45) is 5.92 Å². The second-order valence-corrected chi connectivity index (χ2v) is 5.46. The number of urea groups is 1. The zero-order valence-electron chi connectivity index (χ0n) is 11.9. The Morgan fingerprint density at radius 1 is 1.24 bits per heavy atom. The molecule has 0 spiro atoms. The predicted molar refractivity (Wildman–Crippen MR) is 80.7 cm³/mol. The van der Waals surface area contributed by atoms with E-state index >= 15 is 0 Å². The lowest BCUT2D eigenvalue weighted by Gasteiger charge is -2.25. The maximum Gasteiger partial charge on any atom is 0.322 e. The fourth-order valence-electron chi connectivity index (χ4n) is 2.79. The first kappa shape index (κ1) is 13.5. The van der Waals surface area contributed by atoms with Crippen LogP contribution in [0.25, 0.3) is 0 Å². The Morgan fingerprint density at radius 2 is 2.05 bits per heavy atom. The van der Waals surface area contributed by atoms with Gasteiger partial charge in [-0.15, -0.1) is 0 Å². The molecule has 3 rings (SSSR count). The van der Waals surface area contributed by atoms with Gasteiger partial charge in [-0.3, -0.25) is 9.97 Å². The molecule has 2 unspecified atom stereocenters. The molecule has 108 valence electrons. The molecule has 2 aromatic heterocycles. The first-order valence-corrected chi connectivity index (χ1v) is 7.11. The smallest absolute Gasteiger partial charge is 0.317 e. The standard InChI is InChI=1S/C16H18N4O/c1-12-9-15(13-3-2-6-18-10-13)20(11-12)16(21)19-14-4-7-17-8-5-14/h2-8,10,12,15H,9,11H2,1H3,(H,17,19,21). The van der Waals surface area contributed by atoms with E-state index < -0.39 is 0 Å². The normalized spacial score (nSPS) is 21.3. The van der Waals surface area contributed by atoms with Crippen LogP contribution in [0.1, 0.15) is 24.9 Å². The molecule has 0 aromatic carbocycles. The summed E-state index contributed by atoms with van der Waals surface area (Å²) in [5.41, 5.74) is 1.85. The number of aromatic nitrogens is 2. The number of amides is 2. The summed E-state index contributed by atoms with van der Waals surface area (Å²) in [7, 11) is 0. The lowest BCUT2D eigenvalue weighted by molar-refractivity contribution is 0.206. The molecular weight excluding hydrogens is 264 g/mol. The number of carbonyl (C=O) groups excluding carboxylic acids is 1. The molecular formula is C16H18N4O. The summed E-state index contributed by atoms with van der Waals surface area (Å²) in [6.07, 6.45) is 7.90. The van der Waals surface area contributed by atoms with Gasteiger partial charge in [0.2, 0.25) is 0 Å². The molecule has 0 radical (unpaired) electrons. The highest BCUT2D eigenvalue weighted by Crippen LogP contribution is 2.35. The fraction of sp³-hybridized carbons (Fsp3) is 0.312. The molecule has 1 saturated heterocycles. The van der Waals surface area contributed by atoms with Gasteiger partial charge >= 0.3 is 6.03 Å². The van der Waals surface area contributed by atoms with Crippen LogP contribution in [-0.2, 0) is 0 Å². The van der Waals surface area contributed by atoms with Gasteiger partial charge in [-0.25, -0.2) is 4.79 Å². The second-order valence-electron chi connectivity index (χ2n) is 5.46. The summed E-state index contributed by atoms with van der Waals surface area (Å²) in [4.78, 5) is 22.5. The SMILES string of the molecule is CC1CC(c2cccnc2)N(C(=O)Nc2ccncc2)C1. The number of nitrogens with one attached hydrogen (secondary N) is 1. The first-order valence-electron chi connectivity index (χ1n) is 7.11. The summed E-state index contributed by atoms with van der Waals surface area (Å²) in [5.74, 6) is 0.485. The lowest BCUT2D eigenvalue weighted by atomic mass is 10.0. The molecule has 2 atom stereocenters. The number of hydrogen-bond acceptors (Lipinski definition) is 3. The van der Waals surface area contributed by atoms with Crippen molar-refractivity contribution in [1.29, 1.82) is 0 Å². The number of nitrogens with zero attached hydrogens (tertiary/aromatic N) is 3. The summed E-state index contributed by atoms with van der Waals surface area (Å²) in [6.45, 7) is 2.93. The molecule has 3 heterocycles.